The molecule has 0 amide bonds. The minimum Gasteiger partial charge on any atom is -0.334 e. The number of halogens is 1. The van der Waals surface area contributed by atoms with Crippen molar-refractivity contribution < 1.29 is 4.92 Å². The lowest BCUT2D eigenvalue weighted by atomic mass is 10.2. The molecule has 10 heteroatoms. The summed E-state index contributed by atoms with van der Waals surface area (Å²) in [5.74, 6) is 0.477. The molecule has 0 radical (unpaired) electrons. The number of nitro groups is 1. The molecule has 0 saturated carbocycles. The van der Waals surface area contributed by atoms with Crippen molar-refractivity contribution in [1.82, 2.24) is 19.9 Å². The van der Waals surface area contributed by atoms with Crippen LogP contribution in [0.25, 0.3) is 0 Å². The molecule has 3 rings (SSSR count). The van der Waals surface area contributed by atoms with Gasteiger partial charge in [-0.05, 0) is 38.1 Å². The first-order chi connectivity index (χ1) is 12.4. The Morgan fingerprint density at radius 3 is 2.35 bits per heavy atom. The second kappa shape index (κ2) is 7.28. The molecule has 2 heterocycles. The van der Waals surface area contributed by atoms with Crippen LogP contribution in [0.5, 0.6) is 0 Å². The topological polar surface area (TPSA) is 119 Å². The number of hydrogen-bond donors (Lipinski definition) is 2. The number of nitrogens with zero attached hydrogens (tertiary/aromatic N) is 5. The van der Waals surface area contributed by atoms with Crippen molar-refractivity contribution in [3.63, 3.8) is 0 Å². The Morgan fingerprint density at radius 1 is 1.04 bits per heavy atom. The minimum absolute atomic E-state index is 0.00907. The third-order valence-corrected chi connectivity index (χ3v) is 3.60. The fraction of sp³-hybridized carbons (Fsp3) is 0.125. The van der Waals surface area contributed by atoms with Gasteiger partial charge in [-0.2, -0.15) is 0 Å². The van der Waals surface area contributed by atoms with Gasteiger partial charge in [0.05, 0.1) is 4.92 Å². The fourth-order valence-corrected chi connectivity index (χ4v) is 2.54. The van der Waals surface area contributed by atoms with Gasteiger partial charge >= 0.3 is 5.69 Å². The van der Waals surface area contributed by atoms with E-state index in [0.29, 0.717) is 17.3 Å². The van der Waals surface area contributed by atoms with Gasteiger partial charge in [-0.3, -0.25) is 10.1 Å². The molecule has 132 valence electrons. The first-order valence-corrected chi connectivity index (χ1v) is 7.91. The zero-order valence-electron chi connectivity index (χ0n) is 13.9. The zero-order valence-corrected chi connectivity index (χ0v) is 14.7. The number of anilines is 4. The minimum atomic E-state index is -0.629. The van der Waals surface area contributed by atoms with Gasteiger partial charge in [0.2, 0.25) is 16.9 Å². The van der Waals surface area contributed by atoms with Crippen LogP contribution >= 0.6 is 11.6 Å². The van der Waals surface area contributed by atoms with Gasteiger partial charge in [-0.15, -0.1) is 0 Å². The van der Waals surface area contributed by atoms with E-state index >= 15 is 0 Å². The maximum atomic E-state index is 11.2. The summed E-state index contributed by atoms with van der Waals surface area (Å²) in [5.41, 5.74) is 2.60. The average molecular weight is 372 g/mol. The molecular weight excluding hydrogens is 358 g/mol. The normalized spacial score (nSPS) is 10.4. The maximum absolute atomic E-state index is 11.2. The molecule has 0 aliphatic rings. The van der Waals surface area contributed by atoms with Crippen LogP contribution in [-0.4, -0.2) is 24.9 Å². The largest absolute Gasteiger partial charge is 0.348 e. The molecule has 0 bridgehead atoms. The van der Waals surface area contributed by atoms with Crippen LogP contribution in [-0.2, 0) is 0 Å². The predicted molar refractivity (Wildman–Crippen MR) is 98.2 cm³/mol. The van der Waals surface area contributed by atoms with Crippen LogP contribution in [0.4, 0.5) is 28.8 Å². The zero-order chi connectivity index (χ0) is 18.7. The Labute approximate surface area is 153 Å². The lowest BCUT2D eigenvalue weighted by Gasteiger charge is -2.10. The van der Waals surface area contributed by atoms with Crippen molar-refractivity contribution in [3.05, 3.63) is 63.3 Å². The summed E-state index contributed by atoms with van der Waals surface area (Å²) in [6.07, 6.45) is 1.16. The number of benzene rings is 1. The fourth-order valence-electron chi connectivity index (χ4n) is 2.33. The third kappa shape index (κ3) is 4.01. The van der Waals surface area contributed by atoms with E-state index in [4.69, 9.17) is 11.6 Å². The van der Waals surface area contributed by atoms with Gasteiger partial charge in [0.1, 0.15) is 6.33 Å². The lowest BCUT2D eigenvalue weighted by molar-refractivity contribution is -0.384. The molecule has 0 spiro atoms. The van der Waals surface area contributed by atoms with Crippen molar-refractivity contribution >= 4 is 40.4 Å². The average Bonchev–Trinajstić information content (AvgIpc) is 2.54. The number of nitrogens with one attached hydrogen (secondary N) is 2. The Balaban J connectivity index is 1.87. The van der Waals surface area contributed by atoms with E-state index < -0.39 is 4.92 Å². The summed E-state index contributed by atoms with van der Waals surface area (Å²) in [6, 6.07) is 8.98. The molecule has 3 aromatic rings. The molecule has 2 N–H and O–H groups in total. The second-order valence-electron chi connectivity index (χ2n) is 5.42. The third-order valence-electron chi connectivity index (χ3n) is 3.32. The highest BCUT2D eigenvalue weighted by Crippen LogP contribution is 2.31. The summed E-state index contributed by atoms with van der Waals surface area (Å²) in [5, 5.41) is 16.9. The number of rotatable bonds is 5. The number of aryl methyl sites for hydroxylation is 2. The van der Waals surface area contributed by atoms with Gasteiger partial charge in [0.25, 0.3) is 0 Å². The first-order valence-electron chi connectivity index (χ1n) is 7.53. The summed E-state index contributed by atoms with van der Waals surface area (Å²) < 4.78 is 0. The highest BCUT2D eigenvalue weighted by molar-refractivity contribution is 6.31. The molecule has 2 aromatic heterocycles. The molecule has 0 atom stereocenters. The van der Waals surface area contributed by atoms with Crippen LogP contribution in [0.2, 0.25) is 5.15 Å². The van der Waals surface area contributed by atoms with Crippen molar-refractivity contribution in [3.8, 4) is 0 Å². The van der Waals surface area contributed by atoms with Crippen LogP contribution in [0.1, 0.15) is 11.4 Å². The number of hydrogen-bond acceptors (Lipinski definition) is 8. The Bertz CT molecular complexity index is 960. The van der Waals surface area contributed by atoms with E-state index in [1.807, 2.05) is 26.0 Å². The van der Waals surface area contributed by atoms with Crippen LogP contribution < -0.4 is 10.6 Å². The summed E-state index contributed by atoms with van der Waals surface area (Å²) in [6.45, 7) is 3.77. The Morgan fingerprint density at radius 2 is 1.69 bits per heavy atom. The van der Waals surface area contributed by atoms with Crippen LogP contribution in [0.3, 0.4) is 0 Å². The maximum Gasteiger partial charge on any atom is 0.348 e. The molecule has 0 unspecified atom stereocenters. The number of aromatic nitrogens is 4. The van der Waals surface area contributed by atoms with E-state index in [1.54, 1.807) is 18.2 Å². The monoisotopic (exact) mass is 371 g/mol. The van der Waals surface area contributed by atoms with E-state index in [0.717, 1.165) is 17.7 Å². The molecule has 0 aliphatic carbocycles. The molecular formula is C16H14ClN7O2. The van der Waals surface area contributed by atoms with Crippen molar-refractivity contribution in [2.75, 3.05) is 10.6 Å². The molecule has 0 fully saturated rings. The SMILES string of the molecule is Cc1cc(C)nc(Nc2cccc(Nc3ncnc(Cl)c3[N+](=O)[O-])c2)n1. The summed E-state index contributed by atoms with van der Waals surface area (Å²) >= 11 is 5.80. The quantitative estimate of drug-likeness (QED) is 0.393. The highest BCUT2D eigenvalue weighted by atomic mass is 35.5. The Kier molecular flexibility index (Phi) is 4.90. The highest BCUT2D eigenvalue weighted by Gasteiger charge is 2.21. The summed E-state index contributed by atoms with van der Waals surface area (Å²) in [7, 11) is 0. The van der Waals surface area contributed by atoms with Crippen molar-refractivity contribution in [2.45, 2.75) is 13.8 Å². The van der Waals surface area contributed by atoms with Gasteiger partial charge in [0.15, 0.2) is 0 Å². The smallest absolute Gasteiger partial charge is 0.334 e. The van der Waals surface area contributed by atoms with Crippen molar-refractivity contribution in [2.24, 2.45) is 0 Å². The van der Waals surface area contributed by atoms with Gasteiger partial charge in [0, 0.05) is 22.8 Å². The standard InChI is InChI=1S/C16H14ClN7O2/c1-9-6-10(2)21-16(20-9)23-12-5-3-4-11(7-12)22-15-13(24(25)26)14(17)18-8-19-15/h3-8H,1-2H3,(H,18,19,22)(H,20,21,23). The van der Waals surface area contributed by atoms with E-state index in [9.17, 15) is 10.1 Å². The molecule has 26 heavy (non-hydrogen) atoms. The summed E-state index contributed by atoms with van der Waals surface area (Å²) in [4.78, 5) is 26.7. The van der Waals surface area contributed by atoms with Gasteiger partial charge < -0.3 is 10.6 Å². The lowest BCUT2D eigenvalue weighted by Crippen LogP contribution is -2.03. The van der Waals surface area contributed by atoms with Crippen molar-refractivity contribution in [1.29, 1.82) is 0 Å². The second-order valence-corrected chi connectivity index (χ2v) is 5.78. The Hall–Kier alpha value is -3.33. The molecule has 9 nitrogen and oxygen atoms in total. The van der Waals surface area contributed by atoms with E-state index in [-0.39, 0.29) is 16.7 Å². The predicted octanol–water partition coefficient (Wildman–Crippen LogP) is 3.93. The van der Waals surface area contributed by atoms with E-state index in [2.05, 4.69) is 30.6 Å². The molecule has 1 aromatic carbocycles. The molecule has 0 saturated heterocycles. The van der Waals surface area contributed by atoms with Gasteiger partial charge in [-0.25, -0.2) is 19.9 Å². The van der Waals surface area contributed by atoms with E-state index in [1.165, 1.54) is 0 Å². The van der Waals surface area contributed by atoms with Gasteiger partial charge in [-0.1, -0.05) is 17.7 Å². The van der Waals surface area contributed by atoms with Crippen LogP contribution in [0, 0.1) is 24.0 Å². The first kappa shape index (κ1) is 17.5. The molecule has 0 aliphatic heterocycles. The van der Waals surface area contributed by atoms with Crippen LogP contribution in [0.15, 0.2) is 36.7 Å².